The molecule has 20 heavy (non-hydrogen) atoms. The van der Waals surface area contributed by atoms with Crippen LogP contribution >= 0.6 is 11.8 Å². The quantitative estimate of drug-likeness (QED) is 0.585. The van der Waals surface area contributed by atoms with Crippen LogP contribution in [0, 0.1) is 0 Å². The second-order valence-corrected chi connectivity index (χ2v) is 4.71. The molecule has 0 aliphatic heterocycles. The summed E-state index contributed by atoms with van der Waals surface area (Å²) in [7, 11) is 0. The molecule has 1 aromatic carbocycles. The van der Waals surface area contributed by atoms with Crippen LogP contribution in [0.5, 0.6) is 0 Å². The number of benzene rings is 1. The Morgan fingerprint density at radius 3 is 2.70 bits per heavy atom. The Balaban J connectivity index is 2.12. The lowest BCUT2D eigenvalue weighted by Gasteiger charge is -1.95. The van der Waals surface area contributed by atoms with Crippen LogP contribution in [-0.2, 0) is 0 Å². The number of hydrogen-bond donors (Lipinski definition) is 1. The van der Waals surface area contributed by atoms with Crippen LogP contribution in [0.15, 0.2) is 40.2 Å². The zero-order chi connectivity index (χ0) is 14.1. The number of thioether (sulfide) groups is 1. The van der Waals surface area contributed by atoms with Gasteiger partial charge >= 0.3 is 5.97 Å². The number of rotatable bonds is 3. The minimum Gasteiger partial charge on any atom is -0.478 e. The number of nitrogens with zero attached hydrogens (tertiary/aromatic N) is 3. The fraction of sp³-hybridized carbons (Fsp3) is 0.0769. The summed E-state index contributed by atoms with van der Waals surface area (Å²) < 4.78 is 5.56. The van der Waals surface area contributed by atoms with Crippen molar-refractivity contribution in [2.45, 2.75) is 5.16 Å². The van der Waals surface area contributed by atoms with Gasteiger partial charge in [-0.05, 0) is 18.4 Å². The van der Waals surface area contributed by atoms with Gasteiger partial charge in [-0.1, -0.05) is 17.8 Å². The Labute approximate surface area is 117 Å². The molecular formula is C13H9N3O3S. The van der Waals surface area contributed by atoms with Gasteiger partial charge in [0.2, 0.25) is 5.89 Å². The number of oxazole rings is 1. The fourth-order valence-electron chi connectivity index (χ4n) is 1.78. The van der Waals surface area contributed by atoms with Crippen LogP contribution < -0.4 is 0 Å². The highest BCUT2D eigenvalue weighted by atomic mass is 32.2. The molecule has 2 heterocycles. The Morgan fingerprint density at radius 1 is 1.30 bits per heavy atom. The first-order valence-electron chi connectivity index (χ1n) is 5.68. The van der Waals surface area contributed by atoms with Crippen molar-refractivity contribution in [1.29, 1.82) is 0 Å². The Morgan fingerprint density at radius 2 is 2.05 bits per heavy atom. The van der Waals surface area contributed by atoms with Crippen molar-refractivity contribution in [2.24, 2.45) is 0 Å². The Kier molecular flexibility index (Phi) is 3.11. The van der Waals surface area contributed by atoms with Gasteiger partial charge in [0.25, 0.3) is 0 Å². The molecule has 0 aliphatic carbocycles. The van der Waals surface area contributed by atoms with E-state index >= 15 is 0 Å². The lowest BCUT2D eigenvalue weighted by Crippen LogP contribution is -1.96. The molecule has 0 saturated carbocycles. The molecule has 3 rings (SSSR count). The molecule has 0 radical (unpaired) electrons. The predicted octanol–water partition coefficient (Wildman–Crippen LogP) is 2.70. The van der Waals surface area contributed by atoms with Crippen LogP contribution in [0.2, 0.25) is 0 Å². The highest BCUT2D eigenvalue weighted by Crippen LogP contribution is 2.26. The van der Waals surface area contributed by atoms with Crippen molar-refractivity contribution < 1.29 is 14.3 Å². The van der Waals surface area contributed by atoms with Gasteiger partial charge in [-0.25, -0.2) is 19.7 Å². The van der Waals surface area contributed by atoms with Crippen LogP contribution in [0.4, 0.5) is 0 Å². The summed E-state index contributed by atoms with van der Waals surface area (Å²) in [4.78, 5) is 23.6. The van der Waals surface area contributed by atoms with Crippen molar-refractivity contribution in [2.75, 3.05) is 6.26 Å². The Bertz CT molecular complexity index is 783. The van der Waals surface area contributed by atoms with Crippen LogP contribution in [0.25, 0.3) is 22.6 Å². The SMILES string of the molecule is CSc1ncc(-c2nc3c(C(=O)O)cccc3o2)cn1. The highest BCUT2D eigenvalue weighted by Gasteiger charge is 2.15. The van der Waals surface area contributed by atoms with Crippen molar-refractivity contribution in [3.8, 4) is 11.5 Å². The van der Waals surface area contributed by atoms with Gasteiger partial charge in [-0.15, -0.1) is 0 Å². The van der Waals surface area contributed by atoms with Crippen molar-refractivity contribution in [3.05, 3.63) is 36.2 Å². The van der Waals surface area contributed by atoms with Gasteiger partial charge in [0.15, 0.2) is 10.7 Å². The topological polar surface area (TPSA) is 89.1 Å². The second kappa shape index (κ2) is 4.93. The summed E-state index contributed by atoms with van der Waals surface area (Å²) in [5, 5.41) is 9.77. The largest absolute Gasteiger partial charge is 0.478 e. The summed E-state index contributed by atoms with van der Waals surface area (Å²) >= 11 is 1.43. The van der Waals surface area contributed by atoms with E-state index in [2.05, 4.69) is 15.0 Å². The summed E-state index contributed by atoms with van der Waals surface area (Å²) in [6, 6.07) is 4.79. The molecule has 3 aromatic rings. The molecule has 0 fully saturated rings. The first kappa shape index (κ1) is 12.6. The third-order valence-corrected chi connectivity index (χ3v) is 3.28. The maximum Gasteiger partial charge on any atom is 0.338 e. The minimum absolute atomic E-state index is 0.110. The van der Waals surface area contributed by atoms with Gasteiger partial charge in [0.1, 0.15) is 5.52 Å². The van der Waals surface area contributed by atoms with E-state index in [1.54, 1.807) is 24.5 Å². The van der Waals surface area contributed by atoms with Gasteiger partial charge < -0.3 is 9.52 Å². The van der Waals surface area contributed by atoms with Gasteiger partial charge in [0.05, 0.1) is 11.1 Å². The number of carboxylic acids is 1. The number of hydrogen-bond acceptors (Lipinski definition) is 6. The first-order valence-corrected chi connectivity index (χ1v) is 6.91. The summed E-state index contributed by atoms with van der Waals surface area (Å²) in [5.74, 6) is -0.731. The second-order valence-electron chi connectivity index (χ2n) is 3.93. The molecule has 0 spiro atoms. The van der Waals surface area contributed by atoms with E-state index in [0.717, 1.165) is 0 Å². The minimum atomic E-state index is -1.04. The molecule has 0 atom stereocenters. The van der Waals surface area contributed by atoms with E-state index in [-0.39, 0.29) is 5.56 Å². The van der Waals surface area contributed by atoms with Crippen molar-refractivity contribution in [3.63, 3.8) is 0 Å². The zero-order valence-corrected chi connectivity index (χ0v) is 11.2. The fourth-order valence-corrected chi connectivity index (χ4v) is 2.09. The molecule has 0 saturated heterocycles. The van der Waals surface area contributed by atoms with E-state index in [9.17, 15) is 4.79 Å². The number of carboxylic acid groups (broad SMARTS) is 1. The highest BCUT2D eigenvalue weighted by molar-refractivity contribution is 7.98. The molecule has 1 N–H and O–H groups in total. The van der Waals surface area contributed by atoms with Gasteiger partial charge in [0, 0.05) is 12.4 Å². The van der Waals surface area contributed by atoms with E-state index in [1.165, 1.54) is 17.8 Å². The van der Waals surface area contributed by atoms with Crippen molar-refractivity contribution >= 4 is 28.8 Å². The monoisotopic (exact) mass is 287 g/mol. The third-order valence-electron chi connectivity index (χ3n) is 2.71. The van der Waals surface area contributed by atoms with Crippen LogP contribution in [0.3, 0.4) is 0 Å². The predicted molar refractivity (Wildman–Crippen MR) is 73.8 cm³/mol. The number of fused-ring (bicyclic) bond motifs is 1. The zero-order valence-electron chi connectivity index (χ0n) is 10.4. The molecule has 0 bridgehead atoms. The standard InChI is InChI=1S/C13H9N3O3S/c1-20-13-14-5-7(6-15-13)11-16-10-8(12(17)18)3-2-4-9(10)19-11/h2-6H,1H3,(H,17,18). The third kappa shape index (κ3) is 2.12. The maximum atomic E-state index is 11.1. The van der Waals surface area contributed by atoms with Crippen LogP contribution in [0.1, 0.15) is 10.4 Å². The molecule has 7 heteroatoms. The molecule has 0 amide bonds. The molecular weight excluding hydrogens is 278 g/mol. The number of para-hydroxylation sites is 1. The van der Waals surface area contributed by atoms with Crippen LogP contribution in [-0.4, -0.2) is 32.3 Å². The normalized spacial score (nSPS) is 10.8. The van der Waals surface area contributed by atoms with Gasteiger partial charge in [-0.3, -0.25) is 0 Å². The van der Waals surface area contributed by atoms with E-state index < -0.39 is 5.97 Å². The van der Waals surface area contributed by atoms with E-state index in [1.807, 2.05) is 6.26 Å². The lowest BCUT2D eigenvalue weighted by molar-refractivity contribution is 0.0699. The summed E-state index contributed by atoms with van der Waals surface area (Å²) in [6.45, 7) is 0. The lowest BCUT2D eigenvalue weighted by atomic mass is 10.2. The summed E-state index contributed by atoms with van der Waals surface area (Å²) in [6.07, 6.45) is 5.08. The van der Waals surface area contributed by atoms with E-state index in [4.69, 9.17) is 9.52 Å². The van der Waals surface area contributed by atoms with Crippen molar-refractivity contribution in [1.82, 2.24) is 15.0 Å². The number of aromatic carboxylic acids is 1. The maximum absolute atomic E-state index is 11.1. The number of carbonyl (C=O) groups is 1. The average molecular weight is 287 g/mol. The molecule has 6 nitrogen and oxygen atoms in total. The average Bonchev–Trinajstić information content (AvgIpc) is 2.90. The summed E-state index contributed by atoms with van der Waals surface area (Å²) in [5.41, 5.74) is 1.47. The van der Waals surface area contributed by atoms with Gasteiger partial charge in [-0.2, -0.15) is 0 Å². The smallest absolute Gasteiger partial charge is 0.338 e. The molecule has 0 unspecified atom stereocenters. The number of aromatic nitrogens is 3. The first-order chi connectivity index (χ1) is 9.69. The molecule has 2 aromatic heterocycles. The molecule has 100 valence electrons. The molecule has 0 aliphatic rings. The van der Waals surface area contributed by atoms with E-state index in [0.29, 0.717) is 27.7 Å². The Hall–Kier alpha value is -2.41.